The van der Waals surface area contributed by atoms with E-state index in [0.717, 1.165) is 54.7 Å². The van der Waals surface area contributed by atoms with Gasteiger partial charge in [-0.15, -0.1) is 9.24 Å². The first-order chi connectivity index (χ1) is 12.1. The van der Waals surface area contributed by atoms with E-state index in [-0.39, 0.29) is 5.82 Å². The lowest BCUT2D eigenvalue weighted by Gasteiger charge is -2.33. The Hall–Kier alpha value is -1.91. The molecule has 2 aromatic heterocycles. The Balaban J connectivity index is 1.57. The second-order valence-corrected chi connectivity index (χ2v) is 7.43. The molecule has 0 saturated carbocycles. The molecule has 3 aromatic rings. The van der Waals surface area contributed by atoms with Gasteiger partial charge in [-0.3, -0.25) is 4.90 Å². The van der Waals surface area contributed by atoms with E-state index in [9.17, 15) is 4.39 Å². The number of aryl methyl sites for hydroxylation is 1. The molecule has 2 unspecified atom stereocenters. The molecule has 4 rings (SSSR count). The van der Waals surface area contributed by atoms with Gasteiger partial charge in [0.25, 0.3) is 5.78 Å². The summed E-state index contributed by atoms with van der Waals surface area (Å²) in [6, 6.07) is 7.31. The Morgan fingerprint density at radius 2 is 2.16 bits per heavy atom. The molecule has 5 nitrogen and oxygen atoms in total. The molecule has 0 aliphatic carbocycles. The molecule has 0 N–H and O–H groups in total. The van der Waals surface area contributed by atoms with Crippen LogP contribution in [0.4, 0.5) is 4.39 Å². The number of likely N-dealkylation sites (tertiary alicyclic amines) is 1. The number of rotatable bonds is 3. The van der Waals surface area contributed by atoms with Crippen molar-refractivity contribution in [2.24, 2.45) is 0 Å². The predicted molar refractivity (Wildman–Crippen MR) is 98.5 cm³/mol. The van der Waals surface area contributed by atoms with Crippen molar-refractivity contribution in [3.05, 3.63) is 53.4 Å². The Morgan fingerprint density at radius 1 is 1.28 bits per heavy atom. The summed E-state index contributed by atoms with van der Waals surface area (Å²) in [4.78, 5) is 11.0. The molecular weight excluding hydrogens is 336 g/mol. The van der Waals surface area contributed by atoms with Crippen LogP contribution in [0.1, 0.15) is 35.7 Å². The number of nitrogens with zero attached hydrogens (tertiary/aromatic N) is 5. The topological polar surface area (TPSA) is 46.3 Å². The number of piperidine rings is 1. The van der Waals surface area contributed by atoms with E-state index in [2.05, 4.69) is 35.3 Å². The van der Waals surface area contributed by atoms with Crippen LogP contribution in [0.5, 0.6) is 0 Å². The first-order valence-corrected chi connectivity index (χ1v) is 9.11. The quantitative estimate of drug-likeness (QED) is 0.676. The van der Waals surface area contributed by atoms with Crippen molar-refractivity contribution in [3.8, 4) is 0 Å². The van der Waals surface area contributed by atoms with Crippen molar-refractivity contribution in [1.82, 2.24) is 24.5 Å². The van der Waals surface area contributed by atoms with Gasteiger partial charge in [-0.05, 0) is 55.4 Å². The lowest BCUT2D eigenvalue weighted by molar-refractivity contribution is 0.197. The van der Waals surface area contributed by atoms with Crippen LogP contribution in [0, 0.1) is 12.7 Å². The summed E-state index contributed by atoms with van der Waals surface area (Å²) in [7, 11) is 2.58. The maximum atomic E-state index is 13.6. The van der Waals surface area contributed by atoms with Gasteiger partial charge in [-0.25, -0.2) is 13.9 Å². The first-order valence-electron chi connectivity index (χ1n) is 8.53. The van der Waals surface area contributed by atoms with Gasteiger partial charge in [-0.2, -0.15) is 10.1 Å². The van der Waals surface area contributed by atoms with E-state index in [4.69, 9.17) is 0 Å². The number of aromatic nitrogens is 4. The zero-order valence-corrected chi connectivity index (χ0v) is 15.3. The normalized spacial score (nSPS) is 18.8. The van der Waals surface area contributed by atoms with Crippen molar-refractivity contribution in [3.63, 3.8) is 0 Å². The van der Waals surface area contributed by atoms with Crippen LogP contribution in [0.3, 0.4) is 0 Å². The lowest BCUT2D eigenvalue weighted by atomic mass is 9.93. The third kappa shape index (κ3) is 3.55. The van der Waals surface area contributed by atoms with Gasteiger partial charge in [0.1, 0.15) is 12.1 Å². The standard InChI is InChI=1S/C18H21FN5P/c1-12-5-17(24-18(22-12)20-11-21-24)14-3-2-4-23(10-14)9-13-6-15(19)8-16(25)7-13/h5-8,11,14H,2-4,9-10,25H2,1H3. The number of hydrogen-bond acceptors (Lipinski definition) is 4. The highest BCUT2D eigenvalue weighted by Crippen LogP contribution is 2.28. The molecule has 2 atom stereocenters. The molecule has 1 aliphatic heterocycles. The molecule has 1 fully saturated rings. The van der Waals surface area contributed by atoms with E-state index >= 15 is 0 Å². The highest BCUT2D eigenvalue weighted by atomic mass is 31.0. The summed E-state index contributed by atoms with van der Waals surface area (Å²) in [5.74, 6) is 0.860. The van der Waals surface area contributed by atoms with Crippen LogP contribution >= 0.6 is 9.24 Å². The second-order valence-electron chi connectivity index (χ2n) is 6.76. The van der Waals surface area contributed by atoms with Gasteiger partial charge in [0.05, 0.1) is 5.69 Å². The average molecular weight is 357 g/mol. The molecular formula is C18H21FN5P. The SMILES string of the molecule is Cc1cc(C2CCCN(Cc3cc(F)cc(P)c3)C2)n2ncnc2n1. The average Bonchev–Trinajstić information content (AvgIpc) is 3.01. The minimum absolute atomic E-state index is 0.176. The van der Waals surface area contributed by atoms with Crippen molar-refractivity contribution in [2.75, 3.05) is 13.1 Å². The molecule has 0 amide bonds. The number of halogens is 1. The van der Waals surface area contributed by atoms with Crippen molar-refractivity contribution >= 4 is 20.3 Å². The number of hydrogen-bond donors (Lipinski definition) is 0. The Labute approximate surface area is 148 Å². The molecule has 3 heterocycles. The molecule has 25 heavy (non-hydrogen) atoms. The maximum absolute atomic E-state index is 13.6. The summed E-state index contributed by atoms with van der Waals surface area (Å²) < 4.78 is 15.5. The van der Waals surface area contributed by atoms with Gasteiger partial charge >= 0.3 is 0 Å². The summed E-state index contributed by atoms with van der Waals surface area (Å²) in [6.07, 6.45) is 3.79. The van der Waals surface area contributed by atoms with Gasteiger partial charge in [0.2, 0.25) is 0 Å². The molecule has 1 aromatic carbocycles. The van der Waals surface area contributed by atoms with E-state index < -0.39 is 0 Å². The molecule has 1 aliphatic rings. The van der Waals surface area contributed by atoms with Crippen LogP contribution in [-0.2, 0) is 6.54 Å². The zero-order chi connectivity index (χ0) is 17.4. The number of fused-ring (bicyclic) bond motifs is 1. The van der Waals surface area contributed by atoms with Crippen molar-refractivity contribution in [2.45, 2.75) is 32.2 Å². The molecule has 7 heteroatoms. The smallest absolute Gasteiger partial charge is 0.252 e. The predicted octanol–water partition coefficient (Wildman–Crippen LogP) is 2.45. The number of benzene rings is 1. The maximum Gasteiger partial charge on any atom is 0.252 e. The third-order valence-corrected chi connectivity index (χ3v) is 5.05. The van der Waals surface area contributed by atoms with Crippen LogP contribution in [-0.4, -0.2) is 37.6 Å². The monoisotopic (exact) mass is 357 g/mol. The highest BCUT2D eigenvalue weighted by Gasteiger charge is 2.24. The largest absolute Gasteiger partial charge is 0.298 e. The zero-order valence-electron chi connectivity index (χ0n) is 14.2. The first kappa shape index (κ1) is 16.6. The van der Waals surface area contributed by atoms with Gasteiger partial charge < -0.3 is 0 Å². The minimum Gasteiger partial charge on any atom is -0.298 e. The third-order valence-electron chi connectivity index (χ3n) is 4.72. The van der Waals surface area contributed by atoms with Gasteiger partial charge in [0.15, 0.2) is 0 Å². The van der Waals surface area contributed by atoms with Gasteiger partial charge in [0, 0.05) is 24.7 Å². The summed E-state index contributed by atoms with van der Waals surface area (Å²) >= 11 is 0. The van der Waals surface area contributed by atoms with E-state index in [1.165, 1.54) is 6.07 Å². The lowest BCUT2D eigenvalue weighted by Crippen LogP contribution is -2.34. The van der Waals surface area contributed by atoms with E-state index in [1.54, 1.807) is 12.4 Å². The van der Waals surface area contributed by atoms with Crippen LogP contribution in [0.25, 0.3) is 5.78 Å². The van der Waals surface area contributed by atoms with E-state index in [0.29, 0.717) is 11.7 Å². The Morgan fingerprint density at radius 3 is 3.00 bits per heavy atom. The fraction of sp³-hybridized carbons (Fsp3) is 0.389. The Bertz CT molecular complexity index is 889. The fourth-order valence-electron chi connectivity index (χ4n) is 3.72. The fourth-order valence-corrected chi connectivity index (χ4v) is 4.09. The summed E-state index contributed by atoms with van der Waals surface area (Å²) in [5.41, 5.74) is 3.14. The Kier molecular flexibility index (Phi) is 4.48. The van der Waals surface area contributed by atoms with Crippen LogP contribution in [0.15, 0.2) is 30.6 Å². The van der Waals surface area contributed by atoms with E-state index in [1.807, 2.05) is 17.5 Å². The molecule has 1 saturated heterocycles. The van der Waals surface area contributed by atoms with Crippen LogP contribution < -0.4 is 5.30 Å². The van der Waals surface area contributed by atoms with Gasteiger partial charge in [-0.1, -0.05) is 6.07 Å². The second kappa shape index (κ2) is 6.77. The van der Waals surface area contributed by atoms with Crippen molar-refractivity contribution < 1.29 is 4.39 Å². The molecule has 0 bridgehead atoms. The van der Waals surface area contributed by atoms with Crippen LogP contribution in [0.2, 0.25) is 0 Å². The summed E-state index contributed by atoms with van der Waals surface area (Å²) in [6.45, 7) is 4.72. The molecule has 0 spiro atoms. The minimum atomic E-state index is -0.176. The molecule has 130 valence electrons. The highest BCUT2D eigenvalue weighted by molar-refractivity contribution is 7.27. The molecule has 0 radical (unpaired) electrons. The summed E-state index contributed by atoms with van der Waals surface area (Å²) in [5, 5.41) is 5.23. The van der Waals surface area contributed by atoms with Crippen molar-refractivity contribution in [1.29, 1.82) is 0 Å².